The summed E-state index contributed by atoms with van der Waals surface area (Å²) in [5.41, 5.74) is 1.09. The SMILES string of the molecule is CC[C@H](C)[C@@H]([C@@H](CC(=O)N1CCCC1[C@H](OC)[C@@H](C)C(=O)N[C@@H](Cc1ccccc1)c1nccs1)OC)N(C)C(=O)[C@@H](NC(=O)[C@H](C(C)C)N(C)C)C(C)C. The zero-order chi connectivity index (χ0) is 41.0. The number of rotatable bonds is 21. The minimum absolute atomic E-state index is 0.00751. The summed E-state index contributed by atoms with van der Waals surface area (Å²) in [5.74, 6) is -1.35. The molecule has 13 heteroatoms. The Labute approximate surface area is 334 Å². The molecule has 3 rings (SSSR count). The van der Waals surface area contributed by atoms with Crippen molar-refractivity contribution in [1.82, 2.24) is 30.3 Å². The summed E-state index contributed by atoms with van der Waals surface area (Å²) in [6.07, 6.45) is 3.49. The second-order valence-corrected chi connectivity index (χ2v) is 17.0. The largest absolute Gasteiger partial charge is 0.379 e. The topological polar surface area (TPSA) is 133 Å². The highest BCUT2D eigenvalue weighted by Crippen LogP contribution is 2.30. The highest BCUT2D eigenvalue weighted by Gasteiger charge is 2.43. The van der Waals surface area contributed by atoms with E-state index in [9.17, 15) is 19.2 Å². The minimum atomic E-state index is -0.751. The lowest BCUT2D eigenvalue weighted by atomic mass is 9.89. The van der Waals surface area contributed by atoms with Crippen LogP contribution in [0.3, 0.4) is 0 Å². The maximum absolute atomic E-state index is 14.3. The summed E-state index contributed by atoms with van der Waals surface area (Å²) < 4.78 is 12.1. The van der Waals surface area contributed by atoms with Crippen molar-refractivity contribution in [2.45, 2.75) is 123 Å². The molecule has 12 nitrogen and oxygen atoms in total. The zero-order valence-corrected chi connectivity index (χ0v) is 36.1. The van der Waals surface area contributed by atoms with E-state index in [4.69, 9.17) is 9.47 Å². The number of nitrogens with zero attached hydrogens (tertiary/aromatic N) is 4. The molecule has 308 valence electrons. The van der Waals surface area contributed by atoms with Gasteiger partial charge in [-0.25, -0.2) is 4.98 Å². The molecule has 2 aromatic rings. The van der Waals surface area contributed by atoms with Gasteiger partial charge in [-0.15, -0.1) is 11.3 Å². The molecule has 1 unspecified atom stereocenters. The fourth-order valence-corrected chi connectivity index (χ4v) is 8.86. The quantitative estimate of drug-likeness (QED) is 0.177. The number of likely N-dealkylation sites (N-methyl/N-ethyl adjacent to an activating group) is 2. The van der Waals surface area contributed by atoms with E-state index in [1.807, 2.05) is 94.2 Å². The number of carbonyl (C=O) groups excluding carboxylic acids is 4. The van der Waals surface area contributed by atoms with Crippen LogP contribution in [-0.2, 0) is 35.1 Å². The molecule has 9 atom stereocenters. The molecule has 1 saturated heterocycles. The van der Waals surface area contributed by atoms with Gasteiger partial charge in [0, 0.05) is 39.4 Å². The van der Waals surface area contributed by atoms with Crippen LogP contribution in [0.4, 0.5) is 0 Å². The van der Waals surface area contributed by atoms with Gasteiger partial charge in [0.15, 0.2) is 0 Å². The molecule has 1 aliphatic heterocycles. The van der Waals surface area contributed by atoms with Crippen molar-refractivity contribution in [2.75, 3.05) is 41.9 Å². The minimum Gasteiger partial charge on any atom is -0.379 e. The van der Waals surface area contributed by atoms with Crippen LogP contribution in [0.2, 0.25) is 0 Å². The van der Waals surface area contributed by atoms with Gasteiger partial charge in [0.05, 0.1) is 48.7 Å². The number of ether oxygens (including phenoxy) is 2. The molecule has 1 aliphatic rings. The molecule has 1 aromatic heterocycles. The Hall–Kier alpha value is -3.39. The van der Waals surface area contributed by atoms with E-state index in [-0.39, 0.29) is 65.9 Å². The molecular formula is C42H68N6O6S. The first-order chi connectivity index (χ1) is 26.1. The van der Waals surface area contributed by atoms with Gasteiger partial charge in [-0.2, -0.15) is 0 Å². The Morgan fingerprint density at radius 2 is 1.62 bits per heavy atom. The molecular weight excluding hydrogens is 717 g/mol. The van der Waals surface area contributed by atoms with Crippen LogP contribution in [0.5, 0.6) is 0 Å². The normalized spacial score (nSPS) is 19.0. The van der Waals surface area contributed by atoms with Gasteiger partial charge in [-0.1, -0.05) is 85.2 Å². The van der Waals surface area contributed by atoms with Crippen molar-refractivity contribution in [1.29, 1.82) is 0 Å². The molecule has 1 fully saturated rings. The van der Waals surface area contributed by atoms with E-state index < -0.39 is 30.2 Å². The highest BCUT2D eigenvalue weighted by atomic mass is 32.1. The Balaban J connectivity index is 1.79. The van der Waals surface area contributed by atoms with E-state index in [2.05, 4.69) is 29.5 Å². The number of methoxy groups -OCH3 is 2. The van der Waals surface area contributed by atoms with E-state index in [1.165, 1.54) is 11.3 Å². The number of carbonyl (C=O) groups is 4. The monoisotopic (exact) mass is 784 g/mol. The highest BCUT2D eigenvalue weighted by molar-refractivity contribution is 7.09. The standard InChI is InChI=1S/C42H68N6O6S/c1-13-28(6)37(47(10)42(52)35(26(2)3)45-40(51)36(27(4)5)46(8)9)33(53-11)25-34(49)48-22-17-20-32(48)38(54-12)29(7)39(50)44-31(41-43-21-23-55-41)24-30-18-15-14-16-19-30/h14-16,18-19,21,23,26-29,31-33,35-38H,13,17,20,22,24-25H2,1-12H3,(H,44,50)(H,45,51)/t28-,29+,31-,32?,33+,35-,36-,37-,38+/m0/s1. The third-order valence-corrected chi connectivity index (χ3v) is 12.2. The molecule has 0 radical (unpaired) electrons. The average Bonchev–Trinajstić information content (AvgIpc) is 3.87. The van der Waals surface area contributed by atoms with Crippen molar-refractivity contribution in [3.05, 3.63) is 52.5 Å². The predicted octanol–water partition coefficient (Wildman–Crippen LogP) is 5.19. The van der Waals surface area contributed by atoms with Crippen molar-refractivity contribution in [2.24, 2.45) is 23.7 Å². The molecule has 2 N–H and O–H groups in total. The first-order valence-corrected chi connectivity index (χ1v) is 20.8. The molecule has 0 saturated carbocycles. The first-order valence-electron chi connectivity index (χ1n) is 19.9. The maximum Gasteiger partial charge on any atom is 0.245 e. The summed E-state index contributed by atoms with van der Waals surface area (Å²) in [6, 6.07) is 7.83. The van der Waals surface area contributed by atoms with Gasteiger partial charge in [0.1, 0.15) is 11.0 Å². The van der Waals surface area contributed by atoms with E-state index in [0.717, 1.165) is 23.4 Å². The van der Waals surface area contributed by atoms with Crippen LogP contribution in [0.15, 0.2) is 41.9 Å². The second-order valence-electron chi connectivity index (χ2n) is 16.1. The molecule has 0 spiro atoms. The lowest BCUT2D eigenvalue weighted by molar-refractivity contribution is -0.148. The molecule has 0 aliphatic carbocycles. The lowest BCUT2D eigenvalue weighted by Gasteiger charge is -2.41. The number of likely N-dealkylation sites (tertiary alicyclic amines) is 1. The van der Waals surface area contributed by atoms with Gasteiger partial charge in [0.2, 0.25) is 23.6 Å². The second kappa shape index (κ2) is 21.8. The molecule has 1 aromatic carbocycles. The molecule has 55 heavy (non-hydrogen) atoms. The van der Waals surface area contributed by atoms with Crippen molar-refractivity contribution >= 4 is 35.0 Å². The smallest absolute Gasteiger partial charge is 0.245 e. The lowest BCUT2D eigenvalue weighted by Crippen LogP contribution is -2.59. The van der Waals surface area contributed by atoms with Gasteiger partial charge in [-0.3, -0.25) is 24.1 Å². The van der Waals surface area contributed by atoms with Crippen LogP contribution in [0.25, 0.3) is 0 Å². The van der Waals surface area contributed by atoms with E-state index in [0.29, 0.717) is 19.4 Å². The van der Waals surface area contributed by atoms with Gasteiger partial charge >= 0.3 is 0 Å². The van der Waals surface area contributed by atoms with Crippen LogP contribution < -0.4 is 10.6 Å². The first kappa shape index (κ1) is 46.0. The van der Waals surface area contributed by atoms with Crippen molar-refractivity contribution in [3.63, 3.8) is 0 Å². The Kier molecular flexibility index (Phi) is 18.2. The number of aromatic nitrogens is 1. The Morgan fingerprint density at radius 3 is 2.15 bits per heavy atom. The maximum atomic E-state index is 14.3. The third kappa shape index (κ3) is 12.1. The Morgan fingerprint density at radius 1 is 0.945 bits per heavy atom. The van der Waals surface area contributed by atoms with Crippen LogP contribution in [0.1, 0.15) is 90.8 Å². The number of thiazole rings is 1. The number of hydrogen-bond acceptors (Lipinski definition) is 9. The summed E-state index contributed by atoms with van der Waals surface area (Å²) >= 11 is 1.51. The van der Waals surface area contributed by atoms with Crippen LogP contribution >= 0.6 is 11.3 Å². The number of nitrogens with one attached hydrogen (secondary N) is 2. The number of benzene rings is 1. The summed E-state index contributed by atoms with van der Waals surface area (Å²) in [4.78, 5) is 65.8. The van der Waals surface area contributed by atoms with Gasteiger partial charge in [-0.05, 0) is 56.7 Å². The van der Waals surface area contributed by atoms with E-state index >= 15 is 0 Å². The van der Waals surface area contributed by atoms with Crippen molar-refractivity contribution in [3.8, 4) is 0 Å². The summed E-state index contributed by atoms with van der Waals surface area (Å²) in [6.45, 7) is 14.3. The average molecular weight is 785 g/mol. The summed E-state index contributed by atoms with van der Waals surface area (Å²) in [7, 11) is 8.66. The zero-order valence-electron chi connectivity index (χ0n) is 35.3. The molecule has 0 bridgehead atoms. The van der Waals surface area contributed by atoms with Gasteiger partial charge < -0.3 is 29.9 Å². The fourth-order valence-electron chi connectivity index (χ4n) is 8.17. The summed E-state index contributed by atoms with van der Waals surface area (Å²) in [5, 5.41) is 9.02. The Bertz CT molecular complexity index is 1480. The van der Waals surface area contributed by atoms with Crippen LogP contribution in [-0.4, -0.2) is 122 Å². The number of hydrogen-bond donors (Lipinski definition) is 2. The van der Waals surface area contributed by atoms with Gasteiger partial charge in [0.25, 0.3) is 0 Å². The van der Waals surface area contributed by atoms with Crippen molar-refractivity contribution < 1.29 is 28.7 Å². The number of amides is 4. The fraction of sp³-hybridized carbons (Fsp3) is 0.690. The predicted molar refractivity (Wildman–Crippen MR) is 218 cm³/mol. The van der Waals surface area contributed by atoms with E-state index in [1.54, 1.807) is 32.4 Å². The third-order valence-electron chi connectivity index (χ3n) is 11.3. The molecule has 4 amide bonds. The van der Waals surface area contributed by atoms with Crippen LogP contribution in [0, 0.1) is 23.7 Å². The molecule has 2 heterocycles.